The number of H-pyrrole nitrogens is 1. The van der Waals surface area contributed by atoms with Crippen LogP contribution in [0.1, 0.15) is 40.6 Å². The Morgan fingerprint density at radius 2 is 2.12 bits per heavy atom. The number of halogens is 3. The summed E-state index contributed by atoms with van der Waals surface area (Å²) in [5.41, 5.74) is -0.649. The van der Waals surface area contributed by atoms with Crippen molar-refractivity contribution in [3.63, 3.8) is 0 Å². The van der Waals surface area contributed by atoms with E-state index in [9.17, 15) is 23.1 Å². The molecule has 0 unspecified atom stereocenters. The van der Waals surface area contributed by atoms with Crippen LogP contribution in [0.25, 0.3) is 0 Å². The van der Waals surface area contributed by atoms with E-state index in [2.05, 4.69) is 15.0 Å². The van der Waals surface area contributed by atoms with E-state index in [1.807, 2.05) is 0 Å². The fraction of sp³-hybridized carbons (Fsp3) is 0.400. The van der Waals surface area contributed by atoms with Crippen molar-refractivity contribution in [3.05, 3.63) is 41.7 Å². The van der Waals surface area contributed by atoms with Crippen LogP contribution in [-0.4, -0.2) is 44.0 Å². The first kappa shape index (κ1) is 16.3. The van der Waals surface area contributed by atoms with E-state index in [0.29, 0.717) is 19.4 Å². The molecule has 1 amide bonds. The lowest BCUT2D eigenvalue weighted by Crippen LogP contribution is -2.39. The fourth-order valence-electron chi connectivity index (χ4n) is 2.80. The Balaban J connectivity index is 1.75. The number of rotatable bonds is 2. The molecule has 0 aliphatic carbocycles. The highest BCUT2D eigenvalue weighted by molar-refractivity contribution is 5.94. The third-order valence-electron chi connectivity index (χ3n) is 3.97. The molecule has 2 aromatic rings. The molecule has 1 saturated heterocycles. The zero-order valence-corrected chi connectivity index (χ0v) is 12.5. The molecule has 2 N–H and O–H groups in total. The van der Waals surface area contributed by atoms with Crippen molar-refractivity contribution in [2.75, 3.05) is 13.1 Å². The number of aromatic amines is 1. The van der Waals surface area contributed by atoms with Crippen LogP contribution < -0.4 is 0 Å². The molecule has 0 bridgehead atoms. The van der Waals surface area contributed by atoms with Crippen molar-refractivity contribution < 1.29 is 23.1 Å². The maximum atomic E-state index is 12.7. The number of imidazole rings is 1. The molecule has 6 nitrogen and oxygen atoms in total. The van der Waals surface area contributed by atoms with Gasteiger partial charge in [-0.15, -0.1) is 0 Å². The maximum Gasteiger partial charge on any atom is 0.432 e. The SMILES string of the molecule is O=C(c1cncc(O)c1)N1CCC[C@@H](c2ncc(C(F)(F)F)[nH]2)C1. The minimum absolute atomic E-state index is 0.115. The number of carbonyl (C=O) groups is 1. The van der Waals surface area contributed by atoms with Crippen LogP contribution >= 0.6 is 0 Å². The Labute approximate surface area is 135 Å². The number of nitrogens with zero attached hydrogens (tertiary/aromatic N) is 3. The number of carbonyl (C=O) groups excluding carboxylic acids is 1. The number of aromatic hydroxyl groups is 1. The summed E-state index contributed by atoms with van der Waals surface area (Å²) >= 11 is 0. The van der Waals surface area contributed by atoms with Crippen molar-refractivity contribution in [2.45, 2.75) is 24.9 Å². The Morgan fingerprint density at radius 1 is 1.33 bits per heavy atom. The van der Waals surface area contributed by atoms with Crippen LogP contribution in [0.4, 0.5) is 13.2 Å². The van der Waals surface area contributed by atoms with Gasteiger partial charge in [-0.1, -0.05) is 0 Å². The summed E-state index contributed by atoms with van der Waals surface area (Å²) in [6, 6.07) is 1.31. The minimum atomic E-state index is -4.47. The Hall–Kier alpha value is -2.58. The van der Waals surface area contributed by atoms with Gasteiger partial charge in [0.05, 0.1) is 18.0 Å². The van der Waals surface area contributed by atoms with E-state index < -0.39 is 11.9 Å². The first-order chi connectivity index (χ1) is 11.3. The highest BCUT2D eigenvalue weighted by Crippen LogP contribution is 2.31. The summed E-state index contributed by atoms with van der Waals surface area (Å²) < 4.78 is 38.0. The van der Waals surface area contributed by atoms with Gasteiger partial charge in [0.2, 0.25) is 0 Å². The van der Waals surface area contributed by atoms with Gasteiger partial charge in [0.25, 0.3) is 5.91 Å². The summed E-state index contributed by atoms with van der Waals surface area (Å²) in [6.07, 6.45) is 0.174. The van der Waals surface area contributed by atoms with Gasteiger partial charge in [-0.2, -0.15) is 13.2 Å². The molecule has 3 rings (SSSR count). The molecule has 3 heterocycles. The first-order valence-corrected chi connectivity index (χ1v) is 7.40. The smallest absolute Gasteiger partial charge is 0.432 e. The molecule has 24 heavy (non-hydrogen) atoms. The molecule has 9 heteroatoms. The monoisotopic (exact) mass is 340 g/mol. The standard InChI is InChI=1S/C15H15F3N4O2/c16-15(17,18)12-7-20-13(21-12)9-2-1-3-22(8-9)14(24)10-4-11(23)6-19-5-10/h4-7,9,23H,1-3,8H2,(H,20,21)/t9-/m1/s1. The second-order valence-corrected chi connectivity index (χ2v) is 5.70. The Morgan fingerprint density at radius 3 is 2.79 bits per heavy atom. The third-order valence-corrected chi connectivity index (χ3v) is 3.97. The van der Waals surface area contributed by atoms with Crippen LogP contribution in [0.15, 0.2) is 24.7 Å². The van der Waals surface area contributed by atoms with Gasteiger partial charge in [0.15, 0.2) is 0 Å². The molecular formula is C15H15F3N4O2. The van der Waals surface area contributed by atoms with E-state index in [4.69, 9.17) is 0 Å². The lowest BCUT2D eigenvalue weighted by atomic mass is 9.97. The number of pyridine rings is 1. The molecule has 1 atom stereocenters. The predicted molar refractivity (Wildman–Crippen MR) is 77.4 cm³/mol. The summed E-state index contributed by atoms with van der Waals surface area (Å²) in [5.74, 6) is -0.487. The summed E-state index contributed by atoms with van der Waals surface area (Å²) in [7, 11) is 0. The second kappa shape index (κ2) is 6.14. The molecule has 2 aromatic heterocycles. The van der Waals surface area contributed by atoms with Crippen molar-refractivity contribution in [3.8, 4) is 5.75 Å². The van der Waals surface area contributed by atoms with Crippen molar-refractivity contribution >= 4 is 5.91 Å². The molecule has 0 saturated carbocycles. The zero-order valence-electron chi connectivity index (χ0n) is 12.5. The molecular weight excluding hydrogens is 325 g/mol. The van der Waals surface area contributed by atoms with E-state index >= 15 is 0 Å². The van der Waals surface area contributed by atoms with E-state index in [1.165, 1.54) is 18.5 Å². The van der Waals surface area contributed by atoms with Crippen molar-refractivity contribution in [1.29, 1.82) is 0 Å². The quantitative estimate of drug-likeness (QED) is 0.880. The third kappa shape index (κ3) is 3.34. The summed E-state index contributed by atoms with van der Waals surface area (Å²) in [6.45, 7) is 0.761. The Kier molecular flexibility index (Phi) is 4.16. The number of nitrogens with one attached hydrogen (secondary N) is 1. The van der Waals surface area contributed by atoms with Gasteiger partial charge in [0.1, 0.15) is 17.3 Å². The predicted octanol–water partition coefficient (Wildman–Crippen LogP) is 2.55. The van der Waals surface area contributed by atoms with Gasteiger partial charge in [-0.25, -0.2) is 4.98 Å². The molecule has 0 aromatic carbocycles. The van der Waals surface area contributed by atoms with Gasteiger partial charge in [0, 0.05) is 25.2 Å². The Bertz CT molecular complexity index is 744. The van der Waals surface area contributed by atoms with E-state index in [1.54, 1.807) is 4.90 Å². The van der Waals surface area contributed by atoms with Crippen LogP contribution in [0, 0.1) is 0 Å². The number of hydrogen-bond acceptors (Lipinski definition) is 4. The topological polar surface area (TPSA) is 82.1 Å². The number of likely N-dealkylation sites (tertiary alicyclic amines) is 1. The van der Waals surface area contributed by atoms with Gasteiger partial charge < -0.3 is 15.0 Å². The summed E-state index contributed by atoms with van der Waals surface area (Å²) in [4.78, 5) is 23.9. The van der Waals surface area contributed by atoms with E-state index in [0.717, 1.165) is 6.20 Å². The summed E-state index contributed by atoms with van der Waals surface area (Å²) in [5, 5.41) is 9.41. The lowest BCUT2D eigenvalue weighted by Gasteiger charge is -2.31. The lowest BCUT2D eigenvalue weighted by molar-refractivity contribution is -0.141. The molecule has 0 spiro atoms. The highest BCUT2D eigenvalue weighted by atomic mass is 19.4. The molecule has 1 aliphatic rings. The second-order valence-electron chi connectivity index (χ2n) is 5.70. The first-order valence-electron chi connectivity index (χ1n) is 7.40. The van der Waals surface area contributed by atoms with Crippen LogP contribution in [0.5, 0.6) is 5.75 Å². The number of aromatic nitrogens is 3. The molecule has 1 aliphatic heterocycles. The van der Waals surface area contributed by atoms with Crippen molar-refractivity contribution in [1.82, 2.24) is 19.9 Å². The average Bonchev–Trinajstić information content (AvgIpc) is 3.04. The number of amides is 1. The van der Waals surface area contributed by atoms with Crippen molar-refractivity contribution in [2.24, 2.45) is 0 Å². The minimum Gasteiger partial charge on any atom is -0.506 e. The largest absolute Gasteiger partial charge is 0.506 e. The number of piperidine rings is 1. The highest BCUT2D eigenvalue weighted by Gasteiger charge is 2.35. The van der Waals surface area contributed by atoms with Crippen LogP contribution in [-0.2, 0) is 6.18 Å². The van der Waals surface area contributed by atoms with Gasteiger partial charge in [-0.05, 0) is 18.9 Å². The number of alkyl halides is 3. The van der Waals surface area contributed by atoms with Gasteiger partial charge in [-0.3, -0.25) is 9.78 Å². The normalized spacial score (nSPS) is 18.6. The van der Waals surface area contributed by atoms with Crippen LogP contribution in [0.3, 0.4) is 0 Å². The zero-order chi connectivity index (χ0) is 17.3. The number of hydrogen-bond donors (Lipinski definition) is 2. The fourth-order valence-corrected chi connectivity index (χ4v) is 2.80. The van der Waals surface area contributed by atoms with Gasteiger partial charge >= 0.3 is 6.18 Å². The van der Waals surface area contributed by atoms with E-state index in [-0.39, 0.29) is 35.5 Å². The molecule has 128 valence electrons. The molecule has 0 radical (unpaired) electrons. The maximum absolute atomic E-state index is 12.7. The average molecular weight is 340 g/mol. The van der Waals surface area contributed by atoms with Crippen LogP contribution in [0.2, 0.25) is 0 Å². The molecule has 1 fully saturated rings.